The summed E-state index contributed by atoms with van der Waals surface area (Å²) in [7, 11) is 0. The highest BCUT2D eigenvalue weighted by molar-refractivity contribution is 6.04. The lowest BCUT2D eigenvalue weighted by atomic mass is 10.1. The highest BCUT2D eigenvalue weighted by atomic mass is 19.4. The third-order valence-electron chi connectivity index (χ3n) is 6.68. The zero-order valence-corrected chi connectivity index (χ0v) is 19.5. The van der Waals surface area contributed by atoms with Crippen LogP contribution in [-0.2, 0) is 18.9 Å². The average molecular weight is 523 g/mol. The molecule has 0 saturated carbocycles. The van der Waals surface area contributed by atoms with Gasteiger partial charge in [0.25, 0.3) is 5.56 Å². The number of hydrogen-bond acceptors (Lipinski definition) is 4. The van der Waals surface area contributed by atoms with Crippen LogP contribution in [0.2, 0.25) is 0 Å². The van der Waals surface area contributed by atoms with Crippen molar-refractivity contribution in [3.63, 3.8) is 0 Å². The number of hydrogen-bond donors (Lipinski definition) is 1. The molecule has 5 rings (SSSR count). The summed E-state index contributed by atoms with van der Waals surface area (Å²) in [5, 5.41) is 0.243. The molecule has 3 heterocycles. The van der Waals surface area contributed by atoms with E-state index in [1.165, 1.54) is 29.1 Å². The molecule has 1 aliphatic heterocycles. The summed E-state index contributed by atoms with van der Waals surface area (Å²) in [5.74, 6) is 0. The van der Waals surface area contributed by atoms with Crippen LogP contribution in [0.15, 0.2) is 53.6 Å². The summed E-state index contributed by atoms with van der Waals surface area (Å²) in [4.78, 5) is 24.2. The molecule has 1 saturated heterocycles. The van der Waals surface area contributed by atoms with Crippen LogP contribution in [0.3, 0.4) is 0 Å². The van der Waals surface area contributed by atoms with Gasteiger partial charge in [-0.05, 0) is 49.4 Å². The van der Waals surface area contributed by atoms with Gasteiger partial charge in [-0.25, -0.2) is 4.98 Å². The van der Waals surface area contributed by atoms with Crippen LogP contribution in [0.4, 0.5) is 32.0 Å². The molecule has 196 valence electrons. The van der Waals surface area contributed by atoms with E-state index in [2.05, 4.69) is 14.9 Å². The molecule has 0 amide bonds. The minimum absolute atomic E-state index is 0.159. The second-order valence-corrected chi connectivity index (χ2v) is 9.08. The number of anilines is 1. The molecule has 0 atom stereocenters. The van der Waals surface area contributed by atoms with Crippen molar-refractivity contribution in [3.05, 3.63) is 70.3 Å². The lowest BCUT2D eigenvalue weighted by Gasteiger charge is -2.36. The number of halogens is 6. The number of nitrogens with one attached hydrogen (secondary N) is 1. The second kappa shape index (κ2) is 9.40. The third-order valence-corrected chi connectivity index (χ3v) is 6.68. The highest BCUT2D eigenvalue weighted by Crippen LogP contribution is 2.33. The van der Waals surface area contributed by atoms with Gasteiger partial charge in [-0.2, -0.15) is 26.3 Å². The Morgan fingerprint density at radius 1 is 0.865 bits per heavy atom. The Morgan fingerprint density at radius 2 is 1.57 bits per heavy atom. The zero-order valence-electron chi connectivity index (χ0n) is 19.5. The maximum atomic E-state index is 13.1. The first-order chi connectivity index (χ1) is 17.5. The van der Waals surface area contributed by atoms with Gasteiger partial charge in [0.15, 0.2) is 0 Å². The normalized spacial score (nSPS) is 15.7. The Bertz CT molecular complexity index is 1480. The van der Waals surface area contributed by atoms with Crippen molar-refractivity contribution in [2.45, 2.75) is 25.3 Å². The van der Waals surface area contributed by atoms with Crippen molar-refractivity contribution in [2.24, 2.45) is 0 Å². The van der Waals surface area contributed by atoms with E-state index in [9.17, 15) is 31.1 Å². The maximum Gasteiger partial charge on any atom is 0.416 e. The molecule has 37 heavy (non-hydrogen) atoms. The van der Waals surface area contributed by atoms with E-state index >= 15 is 0 Å². The number of benzene rings is 2. The molecule has 0 radical (unpaired) electrons. The molecule has 2 aromatic heterocycles. The van der Waals surface area contributed by atoms with E-state index in [0.717, 1.165) is 18.2 Å². The van der Waals surface area contributed by atoms with Crippen molar-refractivity contribution in [2.75, 3.05) is 37.6 Å². The molecular weight excluding hydrogens is 500 g/mol. The van der Waals surface area contributed by atoms with Crippen LogP contribution in [0.1, 0.15) is 17.5 Å². The van der Waals surface area contributed by atoms with Crippen LogP contribution in [0.25, 0.3) is 21.9 Å². The molecule has 0 aliphatic carbocycles. The van der Waals surface area contributed by atoms with E-state index in [0.29, 0.717) is 56.9 Å². The van der Waals surface area contributed by atoms with E-state index in [1.54, 1.807) is 6.07 Å². The largest absolute Gasteiger partial charge is 0.416 e. The van der Waals surface area contributed by atoms with Crippen LogP contribution < -0.4 is 10.5 Å². The first-order valence-electron chi connectivity index (χ1n) is 11.7. The van der Waals surface area contributed by atoms with E-state index in [-0.39, 0.29) is 22.0 Å². The van der Waals surface area contributed by atoms with Crippen LogP contribution in [-0.4, -0.2) is 52.2 Å². The Hall–Kier alpha value is -3.54. The highest BCUT2D eigenvalue weighted by Gasteiger charge is 2.32. The number of piperazine rings is 1. The maximum absolute atomic E-state index is 13.1. The summed E-state index contributed by atoms with van der Waals surface area (Å²) in [6.45, 7) is 3.58. The van der Waals surface area contributed by atoms with Gasteiger partial charge in [-0.15, -0.1) is 0 Å². The SMILES string of the molecule is O=c1c2[nH]c3ccc(C(F)(F)F)cc3c2ncn1CCCN1CCN(c2cccc(C(F)(F)F)c2)CC1. The number of nitrogens with zero attached hydrogens (tertiary/aromatic N) is 4. The smallest absolute Gasteiger partial charge is 0.369 e. The molecule has 0 spiro atoms. The molecule has 4 aromatic rings. The van der Waals surface area contributed by atoms with Gasteiger partial charge >= 0.3 is 12.4 Å². The third kappa shape index (κ3) is 5.15. The van der Waals surface area contributed by atoms with Gasteiger partial charge in [-0.3, -0.25) is 14.3 Å². The van der Waals surface area contributed by atoms with Gasteiger partial charge in [-0.1, -0.05) is 6.07 Å². The van der Waals surface area contributed by atoms with Crippen LogP contribution in [0, 0.1) is 0 Å². The quantitative estimate of drug-likeness (QED) is 0.369. The number of H-pyrrole nitrogens is 1. The number of aryl methyl sites for hydroxylation is 1. The summed E-state index contributed by atoms with van der Waals surface area (Å²) >= 11 is 0. The molecule has 6 nitrogen and oxygen atoms in total. The van der Waals surface area contributed by atoms with Gasteiger partial charge in [0.2, 0.25) is 0 Å². The van der Waals surface area contributed by atoms with Crippen LogP contribution in [0.5, 0.6) is 0 Å². The minimum Gasteiger partial charge on any atom is -0.369 e. The van der Waals surface area contributed by atoms with Crippen molar-refractivity contribution in [3.8, 4) is 0 Å². The van der Waals surface area contributed by atoms with Crippen LogP contribution >= 0.6 is 0 Å². The van der Waals surface area contributed by atoms with Gasteiger partial charge in [0.1, 0.15) is 11.0 Å². The second-order valence-electron chi connectivity index (χ2n) is 9.08. The summed E-state index contributed by atoms with van der Waals surface area (Å²) in [6, 6.07) is 8.56. The molecule has 0 bridgehead atoms. The molecule has 1 N–H and O–H groups in total. The summed E-state index contributed by atoms with van der Waals surface area (Å²) < 4.78 is 79.7. The standard InChI is InChI=1S/C25H23F6N5O/c26-24(27,28)16-3-1-4-18(13-16)35-11-9-34(10-12-35)7-2-8-36-15-32-21-19-14-17(25(29,30)31)5-6-20(19)33-22(21)23(36)37/h1,3-6,13-15,33H,2,7-12H2. The van der Waals surface area contributed by atoms with E-state index in [4.69, 9.17) is 0 Å². The lowest BCUT2D eigenvalue weighted by molar-refractivity contribution is -0.138. The Balaban J connectivity index is 1.20. The Morgan fingerprint density at radius 3 is 2.27 bits per heavy atom. The van der Waals surface area contributed by atoms with Gasteiger partial charge in [0, 0.05) is 49.3 Å². The predicted octanol–water partition coefficient (Wildman–Crippen LogP) is 5.13. The van der Waals surface area contributed by atoms with Crippen molar-refractivity contribution < 1.29 is 26.3 Å². The lowest BCUT2D eigenvalue weighted by Crippen LogP contribution is -2.46. The number of fused-ring (bicyclic) bond motifs is 3. The van der Waals surface area contributed by atoms with E-state index < -0.39 is 23.5 Å². The predicted molar refractivity (Wildman–Crippen MR) is 128 cm³/mol. The van der Waals surface area contributed by atoms with Crippen molar-refractivity contribution >= 4 is 27.6 Å². The molecular formula is C25H23F6N5O. The van der Waals surface area contributed by atoms with Crippen molar-refractivity contribution in [1.29, 1.82) is 0 Å². The topological polar surface area (TPSA) is 57.2 Å². The zero-order chi connectivity index (χ0) is 26.4. The first-order valence-corrected chi connectivity index (χ1v) is 11.7. The Kier molecular flexibility index (Phi) is 6.38. The minimum atomic E-state index is -4.49. The number of aromatic amines is 1. The fourth-order valence-electron chi connectivity index (χ4n) is 4.70. The van der Waals surface area contributed by atoms with Gasteiger partial charge < -0.3 is 9.88 Å². The molecule has 12 heteroatoms. The number of alkyl halides is 6. The molecule has 1 aliphatic rings. The summed E-state index contributed by atoms with van der Waals surface area (Å²) in [6.07, 6.45) is -6.89. The fourth-order valence-corrected chi connectivity index (χ4v) is 4.70. The van der Waals surface area contributed by atoms with E-state index in [1.807, 2.05) is 4.90 Å². The Labute approximate surface area is 207 Å². The average Bonchev–Trinajstić information content (AvgIpc) is 3.24. The molecule has 0 unspecified atom stereocenters. The molecule has 2 aromatic carbocycles. The fraction of sp³-hybridized carbons (Fsp3) is 0.360. The molecule has 1 fully saturated rings. The first kappa shape index (κ1) is 25.1. The summed E-state index contributed by atoms with van der Waals surface area (Å²) in [5.41, 5.74) is -0.520. The number of aromatic nitrogens is 3. The van der Waals surface area contributed by atoms with Crippen molar-refractivity contribution in [1.82, 2.24) is 19.4 Å². The monoisotopic (exact) mass is 523 g/mol. The van der Waals surface area contributed by atoms with Gasteiger partial charge in [0.05, 0.1) is 17.5 Å². The number of rotatable bonds is 5.